The van der Waals surface area contributed by atoms with Crippen molar-refractivity contribution in [1.29, 1.82) is 0 Å². The Morgan fingerprint density at radius 2 is 2.24 bits per heavy atom. The van der Waals surface area contributed by atoms with E-state index >= 15 is 0 Å². The molecule has 108 valence electrons. The van der Waals surface area contributed by atoms with E-state index in [9.17, 15) is 0 Å². The van der Waals surface area contributed by atoms with E-state index in [1.165, 1.54) is 5.56 Å². The molecule has 1 aliphatic heterocycles. The molecule has 0 aromatic carbocycles. The smallest absolute Gasteiger partial charge is 0.137 e. The Morgan fingerprint density at radius 1 is 1.29 bits per heavy atom. The van der Waals surface area contributed by atoms with Gasteiger partial charge < -0.3 is 9.14 Å². The first-order valence-electron chi connectivity index (χ1n) is 7.20. The zero-order chi connectivity index (χ0) is 14.2. The molecule has 4 heterocycles. The van der Waals surface area contributed by atoms with Gasteiger partial charge in [0.25, 0.3) is 0 Å². The maximum Gasteiger partial charge on any atom is 0.137 e. The highest BCUT2D eigenvalue weighted by atomic mass is 16.5. The third-order valence-electron chi connectivity index (χ3n) is 3.88. The summed E-state index contributed by atoms with van der Waals surface area (Å²) in [6.45, 7) is 4.30. The van der Waals surface area contributed by atoms with Crippen molar-refractivity contribution < 1.29 is 4.74 Å². The van der Waals surface area contributed by atoms with Crippen LogP contribution in [0, 0.1) is 6.92 Å². The van der Waals surface area contributed by atoms with E-state index in [-0.39, 0.29) is 0 Å². The summed E-state index contributed by atoms with van der Waals surface area (Å²) in [5.41, 5.74) is 4.18. The van der Waals surface area contributed by atoms with E-state index in [4.69, 9.17) is 4.74 Å². The van der Waals surface area contributed by atoms with Crippen molar-refractivity contribution in [3.8, 4) is 0 Å². The fraction of sp³-hybridized carbons (Fsp3) is 0.400. The summed E-state index contributed by atoms with van der Waals surface area (Å²) in [5, 5.41) is 8.47. The molecular weight excluding hydrogens is 266 g/mol. The molecule has 0 spiro atoms. The van der Waals surface area contributed by atoms with E-state index < -0.39 is 0 Å². The van der Waals surface area contributed by atoms with Crippen LogP contribution in [0.4, 0.5) is 0 Å². The van der Waals surface area contributed by atoms with Crippen molar-refractivity contribution in [2.45, 2.75) is 25.8 Å². The quantitative estimate of drug-likeness (QED) is 0.735. The minimum absolute atomic E-state index is 0.391. The van der Waals surface area contributed by atoms with Gasteiger partial charge in [-0.1, -0.05) is 11.3 Å². The third kappa shape index (κ3) is 2.42. The minimum Gasteiger partial charge on any atom is -0.381 e. The van der Waals surface area contributed by atoms with Gasteiger partial charge >= 0.3 is 0 Å². The topological polar surface area (TPSA) is 57.2 Å². The van der Waals surface area contributed by atoms with Crippen LogP contribution in [0.15, 0.2) is 30.7 Å². The number of pyridine rings is 1. The highest BCUT2D eigenvalue weighted by molar-refractivity contribution is 5.41. The van der Waals surface area contributed by atoms with Crippen LogP contribution in [-0.4, -0.2) is 37.6 Å². The number of nitrogens with zero attached hydrogens (tertiary/aromatic N) is 5. The van der Waals surface area contributed by atoms with Crippen molar-refractivity contribution in [1.82, 2.24) is 24.4 Å². The number of imidazole rings is 1. The lowest BCUT2D eigenvalue weighted by Crippen LogP contribution is -2.00. The van der Waals surface area contributed by atoms with Crippen LogP contribution >= 0.6 is 0 Å². The third-order valence-corrected chi connectivity index (χ3v) is 3.88. The molecule has 0 saturated carbocycles. The number of aromatic nitrogens is 5. The Hall–Kier alpha value is -2.21. The van der Waals surface area contributed by atoms with Crippen molar-refractivity contribution >= 4 is 5.65 Å². The normalized spacial score (nSPS) is 18.6. The molecule has 21 heavy (non-hydrogen) atoms. The van der Waals surface area contributed by atoms with Gasteiger partial charge in [0.1, 0.15) is 5.65 Å². The number of aryl methyl sites for hydroxylation is 1. The second-order valence-electron chi connectivity index (χ2n) is 5.61. The highest BCUT2D eigenvalue weighted by Gasteiger charge is 2.20. The maximum atomic E-state index is 5.40. The maximum absolute atomic E-state index is 5.40. The molecule has 1 unspecified atom stereocenters. The summed E-state index contributed by atoms with van der Waals surface area (Å²) < 4.78 is 9.30. The number of hydrogen-bond donors (Lipinski definition) is 0. The summed E-state index contributed by atoms with van der Waals surface area (Å²) in [7, 11) is 0. The lowest BCUT2D eigenvalue weighted by Gasteiger charge is -1.99. The van der Waals surface area contributed by atoms with E-state index in [1.807, 2.05) is 27.5 Å². The molecule has 1 fully saturated rings. The molecule has 1 aliphatic rings. The van der Waals surface area contributed by atoms with Gasteiger partial charge in [0.2, 0.25) is 0 Å². The predicted molar refractivity (Wildman–Crippen MR) is 77.2 cm³/mol. The molecule has 3 aromatic rings. The Morgan fingerprint density at radius 3 is 3.10 bits per heavy atom. The first-order valence-corrected chi connectivity index (χ1v) is 7.20. The van der Waals surface area contributed by atoms with Crippen LogP contribution in [0.3, 0.4) is 0 Å². The molecule has 0 amide bonds. The second-order valence-corrected chi connectivity index (χ2v) is 5.61. The van der Waals surface area contributed by atoms with Crippen LogP contribution in [0.25, 0.3) is 5.65 Å². The fourth-order valence-corrected chi connectivity index (χ4v) is 2.74. The number of hydrogen-bond acceptors (Lipinski definition) is 4. The Balaban J connectivity index is 1.56. The van der Waals surface area contributed by atoms with E-state index in [0.29, 0.717) is 12.5 Å². The zero-order valence-corrected chi connectivity index (χ0v) is 11.9. The lowest BCUT2D eigenvalue weighted by molar-refractivity contribution is 0.193. The summed E-state index contributed by atoms with van der Waals surface area (Å²) in [6, 6.07) is 4.10. The van der Waals surface area contributed by atoms with Gasteiger partial charge in [-0.2, -0.15) is 0 Å². The molecule has 6 nitrogen and oxygen atoms in total. The number of rotatable bonds is 3. The van der Waals surface area contributed by atoms with Gasteiger partial charge in [-0.05, 0) is 25.0 Å². The van der Waals surface area contributed by atoms with Gasteiger partial charge in [0.15, 0.2) is 0 Å². The van der Waals surface area contributed by atoms with Gasteiger partial charge in [-0.3, -0.25) is 0 Å². The lowest BCUT2D eigenvalue weighted by atomic mass is 10.1. The molecule has 6 heteroatoms. The average molecular weight is 283 g/mol. The SMILES string of the molecule is Cc1ccc2nc(Cn3cc(C4CCOC4)nn3)cn2c1. The van der Waals surface area contributed by atoms with Crippen molar-refractivity contribution in [3.63, 3.8) is 0 Å². The molecular formula is C15H17N5O. The predicted octanol–water partition coefficient (Wildman–Crippen LogP) is 1.79. The molecule has 4 rings (SSSR count). The van der Waals surface area contributed by atoms with Crippen LogP contribution in [0.5, 0.6) is 0 Å². The van der Waals surface area contributed by atoms with Gasteiger partial charge in [-0.15, -0.1) is 5.10 Å². The summed E-state index contributed by atoms with van der Waals surface area (Å²) in [4.78, 5) is 4.61. The zero-order valence-electron chi connectivity index (χ0n) is 11.9. The van der Waals surface area contributed by atoms with E-state index in [2.05, 4.69) is 34.5 Å². The van der Waals surface area contributed by atoms with Crippen LogP contribution in [0.2, 0.25) is 0 Å². The molecule has 3 aromatic heterocycles. The Kier molecular flexibility index (Phi) is 2.96. The minimum atomic E-state index is 0.391. The van der Waals surface area contributed by atoms with Crippen molar-refractivity contribution in [3.05, 3.63) is 47.7 Å². The van der Waals surface area contributed by atoms with Crippen molar-refractivity contribution in [2.24, 2.45) is 0 Å². The average Bonchev–Trinajstić information content (AvgIpc) is 3.16. The van der Waals surface area contributed by atoms with Crippen LogP contribution in [-0.2, 0) is 11.3 Å². The molecule has 0 aliphatic carbocycles. The second kappa shape index (κ2) is 4.96. The Bertz CT molecular complexity index is 769. The first kappa shape index (κ1) is 12.5. The number of ether oxygens (including phenoxy) is 1. The molecule has 1 atom stereocenters. The van der Waals surface area contributed by atoms with Crippen LogP contribution < -0.4 is 0 Å². The fourth-order valence-electron chi connectivity index (χ4n) is 2.74. The first-order chi connectivity index (χ1) is 10.3. The molecule has 0 bridgehead atoms. The Labute approximate surface area is 122 Å². The molecule has 1 saturated heterocycles. The summed E-state index contributed by atoms with van der Waals surface area (Å²) >= 11 is 0. The van der Waals surface area contributed by atoms with Gasteiger partial charge in [0.05, 0.1) is 24.5 Å². The van der Waals surface area contributed by atoms with Gasteiger partial charge in [0, 0.05) is 31.1 Å². The highest BCUT2D eigenvalue weighted by Crippen LogP contribution is 2.22. The monoisotopic (exact) mass is 283 g/mol. The molecule has 0 N–H and O–H groups in total. The summed E-state index contributed by atoms with van der Waals surface area (Å²) in [6.07, 6.45) is 7.16. The standard InChI is InChI=1S/C15H17N5O/c1-11-2-3-15-16-13(7-19(15)6-11)8-20-9-14(17-18-20)12-4-5-21-10-12/h2-3,6-7,9,12H,4-5,8,10H2,1H3. The largest absolute Gasteiger partial charge is 0.381 e. The number of fused-ring (bicyclic) bond motifs is 1. The van der Waals surface area contributed by atoms with E-state index in [0.717, 1.165) is 36.7 Å². The summed E-state index contributed by atoms with van der Waals surface area (Å²) in [5.74, 6) is 0.391. The van der Waals surface area contributed by atoms with Crippen LogP contribution in [0.1, 0.15) is 29.3 Å². The molecule has 0 radical (unpaired) electrons. The van der Waals surface area contributed by atoms with Gasteiger partial charge in [-0.25, -0.2) is 9.67 Å². The van der Waals surface area contributed by atoms with E-state index in [1.54, 1.807) is 0 Å². The van der Waals surface area contributed by atoms with Crippen molar-refractivity contribution in [2.75, 3.05) is 13.2 Å².